The van der Waals surface area contributed by atoms with Crippen LogP contribution in [0.15, 0.2) is 6.07 Å². The summed E-state index contributed by atoms with van der Waals surface area (Å²) in [6.07, 6.45) is 3.38. The van der Waals surface area contributed by atoms with Gasteiger partial charge in [0.05, 0.1) is 0 Å². The highest BCUT2D eigenvalue weighted by Gasteiger charge is 2.26. The molecule has 2 heterocycles. The van der Waals surface area contributed by atoms with Crippen LogP contribution in [0.25, 0.3) is 0 Å². The molecule has 1 amide bonds. The number of carbonyl (C=O) groups is 1. The largest absolute Gasteiger partial charge is 0.382 e. The summed E-state index contributed by atoms with van der Waals surface area (Å²) >= 11 is 0. The summed E-state index contributed by atoms with van der Waals surface area (Å²) in [7, 11) is 1.75. The first-order chi connectivity index (χ1) is 7.59. The third-order valence-electron chi connectivity index (χ3n) is 3.18. The van der Waals surface area contributed by atoms with E-state index in [2.05, 4.69) is 12.0 Å². The van der Waals surface area contributed by atoms with E-state index in [0.717, 1.165) is 19.4 Å². The Balaban J connectivity index is 2.21. The van der Waals surface area contributed by atoms with Gasteiger partial charge in [0.1, 0.15) is 11.5 Å². The summed E-state index contributed by atoms with van der Waals surface area (Å²) in [5.41, 5.74) is 6.15. The molecule has 2 rings (SSSR count). The summed E-state index contributed by atoms with van der Waals surface area (Å²) in [5, 5.41) is 4.00. The lowest BCUT2D eigenvalue weighted by Crippen LogP contribution is -2.42. The molecular weight excluding hydrogens is 204 g/mol. The predicted octanol–water partition coefficient (Wildman–Crippen LogP) is 1.02. The molecule has 5 heteroatoms. The molecule has 1 atom stereocenters. The van der Waals surface area contributed by atoms with E-state index in [1.807, 2.05) is 4.90 Å². The van der Waals surface area contributed by atoms with E-state index in [9.17, 15) is 4.79 Å². The van der Waals surface area contributed by atoms with Crippen LogP contribution < -0.4 is 5.73 Å². The Bertz CT molecular complexity index is 399. The molecule has 0 spiro atoms. The van der Waals surface area contributed by atoms with Crippen molar-refractivity contribution in [1.82, 2.24) is 14.7 Å². The molecular formula is C11H18N4O. The second kappa shape index (κ2) is 4.15. The Morgan fingerprint density at radius 3 is 2.88 bits per heavy atom. The molecule has 5 nitrogen and oxygen atoms in total. The van der Waals surface area contributed by atoms with Crippen LogP contribution in [-0.2, 0) is 7.05 Å². The number of hydrogen-bond acceptors (Lipinski definition) is 3. The molecule has 1 fully saturated rings. The molecule has 1 aromatic rings. The first-order valence-electron chi connectivity index (χ1n) is 5.70. The van der Waals surface area contributed by atoms with Gasteiger partial charge in [-0.05, 0) is 26.2 Å². The monoisotopic (exact) mass is 222 g/mol. The van der Waals surface area contributed by atoms with Crippen LogP contribution in [0.1, 0.15) is 36.7 Å². The molecule has 1 saturated heterocycles. The number of amides is 1. The van der Waals surface area contributed by atoms with Crippen molar-refractivity contribution < 1.29 is 4.79 Å². The summed E-state index contributed by atoms with van der Waals surface area (Å²) in [5.74, 6) is 0.439. The van der Waals surface area contributed by atoms with Crippen molar-refractivity contribution >= 4 is 11.7 Å². The number of rotatable bonds is 1. The molecule has 2 N–H and O–H groups in total. The molecule has 0 aromatic carbocycles. The fourth-order valence-electron chi connectivity index (χ4n) is 2.24. The molecule has 1 aliphatic rings. The van der Waals surface area contributed by atoms with Crippen LogP contribution in [0.5, 0.6) is 0 Å². The number of aryl methyl sites for hydroxylation is 1. The van der Waals surface area contributed by atoms with Gasteiger partial charge in [0.2, 0.25) is 0 Å². The van der Waals surface area contributed by atoms with Gasteiger partial charge in [-0.1, -0.05) is 0 Å². The molecule has 0 bridgehead atoms. The molecule has 0 saturated carbocycles. The van der Waals surface area contributed by atoms with E-state index >= 15 is 0 Å². The van der Waals surface area contributed by atoms with Gasteiger partial charge >= 0.3 is 0 Å². The molecule has 0 radical (unpaired) electrons. The zero-order valence-corrected chi connectivity index (χ0v) is 9.81. The van der Waals surface area contributed by atoms with Gasteiger partial charge in [-0.3, -0.25) is 9.48 Å². The maximum Gasteiger partial charge on any atom is 0.272 e. The van der Waals surface area contributed by atoms with Crippen LogP contribution in [0.3, 0.4) is 0 Å². The number of nitrogens with two attached hydrogens (primary N) is 1. The van der Waals surface area contributed by atoms with Crippen LogP contribution >= 0.6 is 0 Å². The lowest BCUT2D eigenvalue weighted by Gasteiger charge is -2.33. The van der Waals surface area contributed by atoms with Crippen molar-refractivity contribution in [2.45, 2.75) is 32.2 Å². The third-order valence-corrected chi connectivity index (χ3v) is 3.18. The fraction of sp³-hybridized carbons (Fsp3) is 0.636. The van der Waals surface area contributed by atoms with Gasteiger partial charge < -0.3 is 10.6 Å². The van der Waals surface area contributed by atoms with E-state index in [-0.39, 0.29) is 5.91 Å². The minimum Gasteiger partial charge on any atom is -0.382 e. The predicted molar refractivity (Wildman–Crippen MR) is 62.0 cm³/mol. The highest BCUT2D eigenvalue weighted by atomic mass is 16.2. The molecule has 1 aromatic heterocycles. The second-order valence-electron chi connectivity index (χ2n) is 4.42. The zero-order chi connectivity index (χ0) is 11.7. The number of nitrogen functional groups attached to an aromatic ring is 1. The van der Waals surface area contributed by atoms with Crippen molar-refractivity contribution in [2.24, 2.45) is 7.05 Å². The highest BCUT2D eigenvalue weighted by Crippen LogP contribution is 2.19. The smallest absolute Gasteiger partial charge is 0.272 e. The molecule has 0 unspecified atom stereocenters. The van der Waals surface area contributed by atoms with E-state index in [0.29, 0.717) is 17.6 Å². The molecule has 0 aliphatic carbocycles. The Morgan fingerprint density at radius 2 is 2.31 bits per heavy atom. The van der Waals surface area contributed by atoms with E-state index in [1.165, 1.54) is 6.42 Å². The third kappa shape index (κ3) is 1.89. The summed E-state index contributed by atoms with van der Waals surface area (Å²) in [6, 6.07) is 1.96. The Labute approximate surface area is 95.2 Å². The zero-order valence-electron chi connectivity index (χ0n) is 9.81. The van der Waals surface area contributed by atoms with E-state index < -0.39 is 0 Å². The molecule has 16 heavy (non-hydrogen) atoms. The van der Waals surface area contributed by atoms with Crippen LogP contribution in [-0.4, -0.2) is 33.2 Å². The molecule has 1 aliphatic heterocycles. The van der Waals surface area contributed by atoms with E-state index in [4.69, 9.17) is 5.73 Å². The number of aromatic nitrogens is 2. The topological polar surface area (TPSA) is 64.2 Å². The number of carbonyl (C=O) groups excluding carboxylic acids is 1. The summed E-state index contributed by atoms with van der Waals surface area (Å²) in [6.45, 7) is 2.93. The second-order valence-corrected chi connectivity index (χ2v) is 4.42. The van der Waals surface area contributed by atoms with Gasteiger partial charge in [0.25, 0.3) is 5.91 Å². The van der Waals surface area contributed by atoms with Crippen LogP contribution in [0, 0.1) is 0 Å². The SMILES string of the molecule is C[C@@H]1CCCCN1C(=O)c1cc(N)nn1C. The fourth-order valence-corrected chi connectivity index (χ4v) is 2.24. The summed E-state index contributed by atoms with van der Waals surface area (Å²) in [4.78, 5) is 14.2. The maximum absolute atomic E-state index is 12.3. The van der Waals surface area contributed by atoms with Gasteiger partial charge in [-0.2, -0.15) is 5.10 Å². The van der Waals surface area contributed by atoms with Crippen molar-refractivity contribution in [1.29, 1.82) is 0 Å². The van der Waals surface area contributed by atoms with Crippen LogP contribution in [0.4, 0.5) is 5.82 Å². The van der Waals surface area contributed by atoms with E-state index in [1.54, 1.807) is 17.8 Å². The number of nitrogens with zero attached hydrogens (tertiary/aromatic N) is 3. The minimum atomic E-state index is 0.0406. The lowest BCUT2D eigenvalue weighted by molar-refractivity contribution is 0.0624. The Morgan fingerprint density at radius 1 is 1.56 bits per heavy atom. The maximum atomic E-state index is 12.3. The van der Waals surface area contributed by atoms with Crippen molar-refractivity contribution in [3.05, 3.63) is 11.8 Å². The normalized spacial score (nSPS) is 21.1. The Hall–Kier alpha value is -1.52. The van der Waals surface area contributed by atoms with Gasteiger partial charge in [0, 0.05) is 25.7 Å². The first kappa shape index (κ1) is 11.0. The number of anilines is 1. The summed E-state index contributed by atoms with van der Waals surface area (Å²) < 4.78 is 1.55. The van der Waals surface area contributed by atoms with Gasteiger partial charge in [-0.25, -0.2) is 0 Å². The minimum absolute atomic E-state index is 0.0406. The van der Waals surface area contributed by atoms with Crippen molar-refractivity contribution in [3.63, 3.8) is 0 Å². The molecule has 88 valence electrons. The van der Waals surface area contributed by atoms with Crippen molar-refractivity contribution in [2.75, 3.05) is 12.3 Å². The first-order valence-corrected chi connectivity index (χ1v) is 5.70. The van der Waals surface area contributed by atoms with Gasteiger partial charge in [0.15, 0.2) is 0 Å². The average Bonchev–Trinajstić information content (AvgIpc) is 2.58. The Kier molecular flexibility index (Phi) is 2.85. The van der Waals surface area contributed by atoms with Crippen molar-refractivity contribution in [3.8, 4) is 0 Å². The van der Waals surface area contributed by atoms with Crippen LogP contribution in [0.2, 0.25) is 0 Å². The van der Waals surface area contributed by atoms with Gasteiger partial charge in [-0.15, -0.1) is 0 Å². The number of piperidine rings is 1. The number of likely N-dealkylation sites (tertiary alicyclic amines) is 1. The standard InChI is InChI=1S/C11H18N4O/c1-8-5-3-4-6-15(8)11(16)9-7-10(12)13-14(9)2/h7-8H,3-6H2,1-2H3,(H2,12,13)/t8-/m1/s1. The lowest BCUT2D eigenvalue weighted by atomic mass is 10.0. The quantitative estimate of drug-likeness (QED) is 0.771. The highest BCUT2D eigenvalue weighted by molar-refractivity contribution is 5.93. The average molecular weight is 222 g/mol. The number of hydrogen-bond donors (Lipinski definition) is 1.